The number of hydrogen-bond acceptors (Lipinski definition) is 4. The van der Waals surface area contributed by atoms with E-state index in [1.54, 1.807) is 30.1 Å². The van der Waals surface area contributed by atoms with E-state index in [0.717, 1.165) is 9.86 Å². The number of nitrogens with one attached hydrogen (secondary N) is 1. The molecular weight excluding hydrogens is 226 g/mol. The molecule has 0 radical (unpaired) electrons. The number of aromatic nitrogens is 3. The van der Waals surface area contributed by atoms with Gasteiger partial charge in [0.25, 0.3) is 0 Å². The second-order valence-corrected chi connectivity index (χ2v) is 4.48. The van der Waals surface area contributed by atoms with Crippen molar-refractivity contribution < 1.29 is 0 Å². The van der Waals surface area contributed by atoms with Crippen LogP contribution in [0.2, 0.25) is 0 Å². The van der Waals surface area contributed by atoms with Crippen molar-refractivity contribution in [2.75, 3.05) is 0 Å². The number of aromatic amines is 1. The summed E-state index contributed by atoms with van der Waals surface area (Å²) in [7, 11) is 0. The van der Waals surface area contributed by atoms with E-state index in [4.69, 9.17) is 0 Å². The van der Waals surface area contributed by atoms with Gasteiger partial charge in [-0.3, -0.25) is 0 Å². The van der Waals surface area contributed by atoms with Crippen molar-refractivity contribution in [1.29, 1.82) is 0 Å². The molecule has 15 heavy (non-hydrogen) atoms. The smallest absolute Gasteiger partial charge is 0.148 e. The van der Waals surface area contributed by atoms with Crippen molar-refractivity contribution in [3.63, 3.8) is 0 Å². The molecule has 0 amide bonds. The molecule has 0 saturated carbocycles. The number of para-hydroxylation sites is 1. The van der Waals surface area contributed by atoms with Crippen molar-refractivity contribution in [1.82, 2.24) is 15.0 Å². The Bertz CT molecular complexity index is 466. The normalized spacial score (nSPS) is 9.67. The predicted molar refractivity (Wildman–Crippen MR) is 65.5 cm³/mol. The SMILES string of the molecule is Sc1nc2ccccc2s1.c1c[nH]cn1. The fourth-order valence-electron chi connectivity index (χ4n) is 1.08. The zero-order valence-corrected chi connectivity index (χ0v) is 9.50. The van der Waals surface area contributed by atoms with E-state index in [9.17, 15) is 0 Å². The van der Waals surface area contributed by atoms with Crippen LogP contribution in [0.1, 0.15) is 0 Å². The van der Waals surface area contributed by atoms with Crippen molar-refractivity contribution in [3.8, 4) is 0 Å². The van der Waals surface area contributed by atoms with Gasteiger partial charge in [-0.1, -0.05) is 12.1 Å². The lowest BCUT2D eigenvalue weighted by molar-refractivity contribution is 1.31. The molecule has 0 aliphatic carbocycles. The van der Waals surface area contributed by atoms with Gasteiger partial charge in [0.15, 0.2) is 0 Å². The Morgan fingerprint density at radius 2 is 2.13 bits per heavy atom. The zero-order chi connectivity index (χ0) is 10.5. The van der Waals surface area contributed by atoms with Crippen LogP contribution in [0.15, 0.2) is 47.3 Å². The maximum Gasteiger partial charge on any atom is 0.148 e. The quantitative estimate of drug-likeness (QED) is 0.588. The molecular formula is C10H9N3S2. The molecule has 0 aliphatic rings. The highest BCUT2D eigenvalue weighted by Gasteiger charge is 1.96. The van der Waals surface area contributed by atoms with E-state index in [0.29, 0.717) is 0 Å². The topological polar surface area (TPSA) is 41.6 Å². The van der Waals surface area contributed by atoms with Crippen LogP contribution in [-0.2, 0) is 0 Å². The van der Waals surface area contributed by atoms with Gasteiger partial charge in [-0.2, -0.15) is 0 Å². The van der Waals surface area contributed by atoms with Crippen LogP contribution in [0.5, 0.6) is 0 Å². The second kappa shape index (κ2) is 4.95. The van der Waals surface area contributed by atoms with Gasteiger partial charge in [0.2, 0.25) is 0 Å². The molecule has 3 nitrogen and oxygen atoms in total. The minimum Gasteiger partial charge on any atom is -0.351 e. The molecule has 0 saturated heterocycles. The molecule has 2 aromatic heterocycles. The summed E-state index contributed by atoms with van der Waals surface area (Å²) in [5, 5.41) is 0. The Labute approximate surface area is 96.6 Å². The highest BCUT2D eigenvalue weighted by atomic mass is 32.2. The number of fused-ring (bicyclic) bond motifs is 1. The molecule has 0 unspecified atom stereocenters. The van der Waals surface area contributed by atoms with E-state index < -0.39 is 0 Å². The van der Waals surface area contributed by atoms with E-state index >= 15 is 0 Å². The maximum atomic E-state index is 4.20. The number of benzene rings is 1. The molecule has 3 rings (SSSR count). The fraction of sp³-hybridized carbons (Fsp3) is 0. The molecule has 76 valence electrons. The Kier molecular flexibility index (Phi) is 3.37. The number of thiazole rings is 1. The summed E-state index contributed by atoms with van der Waals surface area (Å²) in [6, 6.07) is 8.03. The van der Waals surface area contributed by atoms with E-state index in [-0.39, 0.29) is 0 Å². The van der Waals surface area contributed by atoms with Gasteiger partial charge in [-0.15, -0.1) is 24.0 Å². The fourth-order valence-corrected chi connectivity index (χ4v) is 2.18. The van der Waals surface area contributed by atoms with Crippen LogP contribution < -0.4 is 0 Å². The molecule has 1 N–H and O–H groups in total. The molecule has 5 heteroatoms. The van der Waals surface area contributed by atoms with Gasteiger partial charge < -0.3 is 4.98 Å². The lowest BCUT2D eigenvalue weighted by Crippen LogP contribution is -1.63. The number of imidazole rings is 1. The second-order valence-electron chi connectivity index (χ2n) is 2.72. The molecule has 2 heterocycles. The molecule has 0 fully saturated rings. The number of H-pyrrole nitrogens is 1. The predicted octanol–water partition coefficient (Wildman–Crippen LogP) is 2.99. The van der Waals surface area contributed by atoms with E-state index in [1.807, 2.05) is 24.3 Å². The monoisotopic (exact) mass is 235 g/mol. The van der Waals surface area contributed by atoms with Gasteiger partial charge in [0.05, 0.1) is 16.5 Å². The summed E-state index contributed by atoms with van der Waals surface area (Å²) < 4.78 is 2.04. The molecule has 3 aromatic rings. The van der Waals surface area contributed by atoms with Crippen LogP contribution in [0.3, 0.4) is 0 Å². The summed E-state index contributed by atoms with van der Waals surface area (Å²) in [6.07, 6.45) is 5.08. The summed E-state index contributed by atoms with van der Waals surface area (Å²) in [5.74, 6) is 0. The number of nitrogens with zero attached hydrogens (tertiary/aromatic N) is 2. The molecule has 1 aromatic carbocycles. The summed E-state index contributed by atoms with van der Waals surface area (Å²) >= 11 is 5.76. The first-order valence-corrected chi connectivity index (χ1v) is 5.60. The first kappa shape index (κ1) is 10.2. The average Bonchev–Trinajstić information content (AvgIpc) is 2.87. The maximum absolute atomic E-state index is 4.20. The van der Waals surface area contributed by atoms with Gasteiger partial charge in [0, 0.05) is 12.4 Å². The van der Waals surface area contributed by atoms with Crippen LogP contribution in [0.25, 0.3) is 10.2 Å². The highest BCUT2D eigenvalue weighted by Crippen LogP contribution is 2.23. The number of rotatable bonds is 0. The first-order chi connectivity index (χ1) is 7.36. The lowest BCUT2D eigenvalue weighted by atomic mass is 10.3. The summed E-state index contributed by atoms with van der Waals surface area (Å²) in [5.41, 5.74) is 1.04. The highest BCUT2D eigenvalue weighted by molar-refractivity contribution is 7.82. The van der Waals surface area contributed by atoms with E-state index in [2.05, 4.69) is 27.6 Å². The zero-order valence-electron chi connectivity index (χ0n) is 7.79. The van der Waals surface area contributed by atoms with E-state index in [1.165, 1.54) is 4.70 Å². The molecule has 0 spiro atoms. The van der Waals surface area contributed by atoms with Gasteiger partial charge in [0.1, 0.15) is 4.34 Å². The third kappa shape index (κ3) is 2.81. The van der Waals surface area contributed by atoms with Crippen molar-refractivity contribution in [2.45, 2.75) is 4.34 Å². The Morgan fingerprint density at radius 1 is 1.27 bits per heavy atom. The Hall–Kier alpha value is -1.33. The van der Waals surface area contributed by atoms with Crippen molar-refractivity contribution in [2.24, 2.45) is 0 Å². The van der Waals surface area contributed by atoms with Crippen LogP contribution in [0, 0.1) is 0 Å². The third-order valence-electron chi connectivity index (χ3n) is 1.69. The van der Waals surface area contributed by atoms with Crippen LogP contribution in [0.4, 0.5) is 0 Å². The third-order valence-corrected chi connectivity index (χ3v) is 2.90. The molecule has 0 atom stereocenters. The average molecular weight is 235 g/mol. The number of hydrogen-bond donors (Lipinski definition) is 2. The summed E-state index contributed by atoms with van der Waals surface area (Å²) in [6.45, 7) is 0. The van der Waals surface area contributed by atoms with Crippen LogP contribution in [-0.4, -0.2) is 15.0 Å². The minimum atomic E-state index is 0.834. The van der Waals surface area contributed by atoms with Crippen molar-refractivity contribution >= 4 is 34.2 Å². The van der Waals surface area contributed by atoms with Gasteiger partial charge in [-0.25, -0.2) is 9.97 Å². The summed E-state index contributed by atoms with van der Waals surface area (Å²) in [4.78, 5) is 10.6. The van der Waals surface area contributed by atoms with Crippen LogP contribution >= 0.6 is 24.0 Å². The standard InChI is InChI=1S/C7H5NS2.C3H4N2/c9-7-8-5-3-1-2-4-6(5)10-7;1-2-5-3-4-1/h1-4H,(H,8,9);1-3H,(H,4,5). The van der Waals surface area contributed by atoms with Gasteiger partial charge in [-0.05, 0) is 12.1 Å². The molecule has 0 bridgehead atoms. The van der Waals surface area contributed by atoms with Gasteiger partial charge >= 0.3 is 0 Å². The minimum absolute atomic E-state index is 0.834. The number of thiol groups is 1. The lowest BCUT2D eigenvalue weighted by Gasteiger charge is -1.80. The first-order valence-electron chi connectivity index (χ1n) is 4.33. The largest absolute Gasteiger partial charge is 0.351 e. The molecule has 0 aliphatic heterocycles. The Balaban J connectivity index is 0.000000144. The van der Waals surface area contributed by atoms with Crippen molar-refractivity contribution in [3.05, 3.63) is 43.0 Å². The Morgan fingerprint density at radius 3 is 2.73 bits per heavy atom.